The van der Waals surface area contributed by atoms with E-state index >= 15 is 0 Å². The molecule has 0 aromatic heterocycles. The maximum Gasteiger partial charge on any atom is 0.305 e. The van der Waals surface area contributed by atoms with E-state index in [9.17, 15) is 19.2 Å². The van der Waals surface area contributed by atoms with Crippen molar-refractivity contribution in [3.8, 4) is 0 Å². The molecule has 0 radical (unpaired) electrons. The molecule has 0 saturated heterocycles. The number of allylic oxidation sites excluding steroid dienone is 8. The number of carbonyl (C=O) groups is 4. The lowest BCUT2D eigenvalue weighted by atomic mass is 10.1. The largest absolute Gasteiger partial charge is 0.481 e. The molecule has 1 N–H and O–H groups in total. The summed E-state index contributed by atoms with van der Waals surface area (Å²) in [7, 11) is 0. The number of hydrogen-bond acceptors (Lipinski definition) is 6. The summed E-state index contributed by atoms with van der Waals surface area (Å²) in [6.07, 6.45) is 43.5. The fourth-order valence-corrected chi connectivity index (χ4v) is 5.76. The molecule has 53 heavy (non-hydrogen) atoms. The van der Waals surface area contributed by atoms with Gasteiger partial charge < -0.3 is 19.5 Å². The van der Waals surface area contributed by atoms with Crippen molar-refractivity contribution in [2.75, 3.05) is 26.3 Å². The van der Waals surface area contributed by atoms with E-state index in [0.29, 0.717) is 12.8 Å². The number of carboxylic acids is 1. The fraction of sp³-hybridized carbons (Fsp3) is 0.733. The lowest BCUT2D eigenvalue weighted by molar-refractivity contribution is -0.148. The van der Waals surface area contributed by atoms with Crippen LogP contribution in [0.2, 0.25) is 0 Å². The second-order valence-corrected chi connectivity index (χ2v) is 14.0. The molecule has 0 aromatic rings. The molecule has 8 heteroatoms. The Kier molecular flexibility index (Phi) is 37.6. The van der Waals surface area contributed by atoms with Gasteiger partial charge in [-0.1, -0.05) is 127 Å². The van der Waals surface area contributed by atoms with Gasteiger partial charge in [-0.25, -0.2) is 0 Å². The molecule has 8 nitrogen and oxygen atoms in total. The number of aliphatic carboxylic acids is 1. The van der Waals surface area contributed by atoms with E-state index < -0.39 is 5.97 Å². The second-order valence-electron chi connectivity index (χ2n) is 14.0. The third-order valence-corrected chi connectivity index (χ3v) is 9.05. The maximum atomic E-state index is 12.8. The van der Waals surface area contributed by atoms with Gasteiger partial charge in [-0.2, -0.15) is 0 Å². The number of amides is 1. The number of nitrogens with zero attached hydrogens (tertiary/aromatic N) is 1. The topological polar surface area (TPSA) is 110 Å². The van der Waals surface area contributed by atoms with E-state index in [2.05, 4.69) is 62.5 Å². The lowest BCUT2D eigenvalue weighted by Gasteiger charge is -2.22. The van der Waals surface area contributed by atoms with Gasteiger partial charge in [-0.05, 0) is 83.5 Å². The van der Waals surface area contributed by atoms with Gasteiger partial charge in [0.15, 0.2) is 0 Å². The van der Waals surface area contributed by atoms with Gasteiger partial charge >= 0.3 is 17.9 Å². The number of ether oxygens (including phenoxy) is 2. The maximum absolute atomic E-state index is 12.8. The predicted octanol–water partition coefficient (Wildman–Crippen LogP) is 11.8. The highest BCUT2D eigenvalue weighted by Gasteiger charge is 2.16. The number of unbranched alkanes of at least 4 members (excludes halogenated alkanes) is 16. The van der Waals surface area contributed by atoms with Crippen LogP contribution in [0, 0.1) is 0 Å². The molecular weight excluding hydrogens is 666 g/mol. The molecule has 0 aliphatic rings. The van der Waals surface area contributed by atoms with Crippen molar-refractivity contribution in [3.63, 3.8) is 0 Å². The summed E-state index contributed by atoms with van der Waals surface area (Å²) in [5, 5.41) is 8.93. The highest BCUT2D eigenvalue weighted by molar-refractivity contribution is 5.77. The van der Waals surface area contributed by atoms with Gasteiger partial charge in [0.2, 0.25) is 5.91 Å². The smallest absolute Gasteiger partial charge is 0.305 e. The van der Waals surface area contributed by atoms with Gasteiger partial charge in [-0.15, -0.1) is 0 Å². The summed E-state index contributed by atoms with van der Waals surface area (Å²) < 4.78 is 10.8. The Morgan fingerprint density at radius 3 is 1.23 bits per heavy atom. The van der Waals surface area contributed by atoms with Crippen LogP contribution in [0.5, 0.6) is 0 Å². The Bertz CT molecular complexity index is 952. The number of carbonyl (C=O) groups excluding carboxylic acids is 3. The standard InChI is InChI=1S/C45H77NO7/c1-3-5-7-9-11-13-15-17-19-21-23-25-27-29-31-36-44(50)52-40-38-46(42(47)34-33-35-43(48)49)39-41-53-45(51)37-32-30-28-26-24-22-20-18-16-14-12-10-8-6-4-2/h11-14,17-20H,3-10,15-16,21-41H2,1-2H3,(H,48,49)/b13-11-,14-12-,19-17-,20-18-. The Hall–Kier alpha value is -3.16. The first-order valence-electron chi connectivity index (χ1n) is 21.3. The van der Waals surface area contributed by atoms with Crippen molar-refractivity contribution in [2.24, 2.45) is 0 Å². The summed E-state index contributed by atoms with van der Waals surface area (Å²) in [5.74, 6) is -1.75. The summed E-state index contributed by atoms with van der Waals surface area (Å²) in [4.78, 5) is 49.7. The lowest BCUT2D eigenvalue weighted by Crippen LogP contribution is -2.37. The molecule has 0 fully saturated rings. The predicted molar refractivity (Wildman–Crippen MR) is 219 cm³/mol. The van der Waals surface area contributed by atoms with Crippen molar-refractivity contribution in [2.45, 2.75) is 187 Å². The second kappa shape index (κ2) is 40.0. The van der Waals surface area contributed by atoms with Crippen LogP contribution in [-0.2, 0) is 28.7 Å². The van der Waals surface area contributed by atoms with Crippen molar-refractivity contribution in [1.29, 1.82) is 0 Å². The van der Waals surface area contributed by atoms with Gasteiger partial charge in [0, 0.05) is 25.7 Å². The van der Waals surface area contributed by atoms with Crippen LogP contribution >= 0.6 is 0 Å². The minimum absolute atomic E-state index is 0.0592. The molecule has 0 aliphatic heterocycles. The number of carboxylic acid groups (broad SMARTS) is 1. The van der Waals surface area contributed by atoms with Gasteiger partial charge in [0.25, 0.3) is 0 Å². The van der Waals surface area contributed by atoms with Crippen molar-refractivity contribution >= 4 is 23.8 Å². The van der Waals surface area contributed by atoms with E-state index in [-0.39, 0.29) is 63.4 Å². The monoisotopic (exact) mass is 744 g/mol. The third-order valence-electron chi connectivity index (χ3n) is 9.05. The van der Waals surface area contributed by atoms with Gasteiger partial charge in [0.1, 0.15) is 13.2 Å². The zero-order valence-corrected chi connectivity index (χ0v) is 33.9. The average molecular weight is 744 g/mol. The SMILES string of the molecule is CCCCC/C=C\C/C=C\CCCCCCCC(=O)OCCN(CCOC(=O)CCCCCCC/C=C\C/C=C\CCCCC)C(=O)CCCC(=O)O. The zero-order valence-electron chi connectivity index (χ0n) is 33.9. The quantitative estimate of drug-likeness (QED) is 0.0381. The van der Waals surface area contributed by atoms with Gasteiger partial charge in [-0.3, -0.25) is 19.2 Å². The molecule has 0 heterocycles. The Morgan fingerprint density at radius 1 is 0.453 bits per heavy atom. The van der Waals surface area contributed by atoms with E-state index in [1.165, 1.54) is 56.3 Å². The van der Waals surface area contributed by atoms with Crippen LogP contribution in [0.3, 0.4) is 0 Å². The minimum Gasteiger partial charge on any atom is -0.481 e. The van der Waals surface area contributed by atoms with Crippen molar-refractivity contribution in [1.82, 2.24) is 4.90 Å². The summed E-state index contributed by atoms with van der Waals surface area (Å²) in [6, 6.07) is 0. The van der Waals surface area contributed by atoms with Crippen LogP contribution < -0.4 is 0 Å². The average Bonchev–Trinajstić information content (AvgIpc) is 3.14. The molecule has 304 valence electrons. The molecule has 0 aromatic carbocycles. The van der Waals surface area contributed by atoms with E-state index in [4.69, 9.17) is 14.6 Å². The molecule has 0 saturated carbocycles. The number of hydrogen-bond donors (Lipinski definition) is 1. The minimum atomic E-state index is -0.950. The van der Waals surface area contributed by atoms with E-state index in [0.717, 1.165) is 89.9 Å². The molecule has 0 bridgehead atoms. The Balaban J connectivity index is 4.11. The first-order chi connectivity index (χ1) is 25.9. The highest BCUT2D eigenvalue weighted by Crippen LogP contribution is 2.11. The third kappa shape index (κ3) is 38.4. The van der Waals surface area contributed by atoms with Gasteiger partial charge in [0.05, 0.1) is 13.1 Å². The summed E-state index contributed by atoms with van der Waals surface area (Å²) >= 11 is 0. The molecule has 0 spiro atoms. The van der Waals surface area contributed by atoms with Crippen molar-refractivity contribution < 1.29 is 33.8 Å². The molecule has 1 amide bonds. The molecular formula is C45H77NO7. The molecule has 0 rings (SSSR count). The normalized spacial score (nSPS) is 11.7. The molecule has 0 unspecified atom stereocenters. The fourth-order valence-electron chi connectivity index (χ4n) is 5.76. The van der Waals surface area contributed by atoms with Crippen LogP contribution in [0.1, 0.15) is 187 Å². The van der Waals surface area contributed by atoms with Crippen LogP contribution in [-0.4, -0.2) is 60.1 Å². The Labute approximate surface area is 323 Å². The Morgan fingerprint density at radius 2 is 0.830 bits per heavy atom. The summed E-state index contributed by atoms with van der Waals surface area (Å²) in [6.45, 7) is 4.94. The highest BCUT2D eigenvalue weighted by atomic mass is 16.5. The van der Waals surface area contributed by atoms with E-state index in [1.54, 1.807) is 0 Å². The molecule has 0 aliphatic carbocycles. The zero-order chi connectivity index (χ0) is 38.9. The summed E-state index contributed by atoms with van der Waals surface area (Å²) in [5.41, 5.74) is 0. The van der Waals surface area contributed by atoms with Crippen molar-refractivity contribution in [3.05, 3.63) is 48.6 Å². The first-order valence-corrected chi connectivity index (χ1v) is 21.3. The van der Waals surface area contributed by atoms with Crippen LogP contribution in [0.25, 0.3) is 0 Å². The number of rotatable bonds is 38. The number of esters is 2. The molecule has 0 atom stereocenters. The van der Waals surface area contributed by atoms with E-state index in [1.807, 2.05) is 0 Å². The first kappa shape index (κ1) is 49.8. The van der Waals surface area contributed by atoms with Crippen LogP contribution in [0.4, 0.5) is 0 Å². The van der Waals surface area contributed by atoms with Crippen LogP contribution in [0.15, 0.2) is 48.6 Å².